The van der Waals surface area contributed by atoms with E-state index in [2.05, 4.69) is 14.7 Å². The van der Waals surface area contributed by atoms with Gasteiger partial charge in [-0.05, 0) is 137 Å². The van der Waals surface area contributed by atoms with Crippen molar-refractivity contribution >= 4 is 52.4 Å². The van der Waals surface area contributed by atoms with E-state index in [4.69, 9.17) is 14.2 Å². The van der Waals surface area contributed by atoms with E-state index in [0.29, 0.717) is 39.3 Å². The molecule has 0 aromatic heterocycles. The minimum absolute atomic E-state index is 0.135. The monoisotopic (exact) mass is 1120 g/mol. The summed E-state index contributed by atoms with van der Waals surface area (Å²) in [5.41, 5.74) is 0.621. The number of nitro benzene ring substituents is 3. The van der Waals surface area contributed by atoms with E-state index in [-0.39, 0.29) is 68.8 Å². The number of hydrogen-bond acceptors (Lipinski definition) is 18. The number of hydrogen-bond donors (Lipinski definition) is 3. The second-order valence-corrected chi connectivity index (χ2v) is 25.4. The van der Waals surface area contributed by atoms with Gasteiger partial charge in [-0.25, -0.2) is 14.4 Å². The van der Waals surface area contributed by atoms with Gasteiger partial charge >= 0.3 is 35.3 Å². The molecule has 0 bridgehead atoms. The van der Waals surface area contributed by atoms with Crippen molar-refractivity contribution in [2.75, 3.05) is 93.2 Å². The van der Waals surface area contributed by atoms with Gasteiger partial charge in [0.05, 0.1) is 14.8 Å². The Morgan fingerprint density at radius 3 is 0.975 bits per heavy atom. The summed E-state index contributed by atoms with van der Waals surface area (Å²) in [5, 5.41) is 61.9. The average Bonchev–Trinajstić information content (AvgIpc) is 3.34. The number of phenols is 3. The molecule has 0 unspecified atom stereocenters. The van der Waals surface area contributed by atoms with Crippen LogP contribution in [0.1, 0.15) is 114 Å². The van der Waals surface area contributed by atoms with Crippen LogP contribution < -0.4 is 14.7 Å². The summed E-state index contributed by atoms with van der Waals surface area (Å²) in [4.78, 5) is 78.9. The summed E-state index contributed by atoms with van der Waals surface area (Å²) >= 11 is 0. The van der Waals surface area contributed by atoms with Gasteiger partial charge in [-0.15, -0.1) is 0 Å². The summed E-state index contributed by atoms with van der Waals surface area (Å²) in [5.74, 6) is -0.922. The first-order chi connectivity index (χ1) is 37.3. The fraction of sp³-hybridized carbons (Fsp3) is 0.625. The molecule has 3 amide bonds. The first-order valence-electron chi connectivity index (χ1n) is 27.4. The van der Waals surface area contributed by atoms with Crippen molar-refractivity contribution in [1.82, 2.24) is 14.7 Å². The molecule has 0 radical (unpaired) electrons. The molecule has 3 aromatic carbocycles. The van der Waals surface area contributed by atoms with Gasteiger partial charge in [0.15, 0.2) is 17.2 Å². The molecular formula is C56H79N9O15. The SMILES string of the molecule is CC(C)(C)OC(=O)N1CC2(CCN(c3ccc([N+](=O)[O-])c(O)c3)CC2)C1.CC(C)(C)OC(=O)N1CCC2(CC1)CCN(c1ccc([N+](=O)[O-])c(O)c1)CC2.CC(C)(C)OC(=O)N1CCC2(CC1)CN(c1ccc([N+](=O)[O-])c(O)c1)C2. The van der Waals surface area contributed by atoms with Gasteiger partial charge in [-0.2, -0.15) is 0 Å². The van der Waals surface area contributed by atoms with Gasteiger partial charge < -0.3 is 58.9 Å². The summed E-state index contributed by atoms with van der Waals surface area (Å²) < 4.78 is 16.3. The van der Waals surface area contributed by atoms with E-state index >= 15 is 0 Å². The Labute approximate surface area is 466 Å². The quantitative estimate of drug-likeness (QED) is 0.117. The van der Waals surface area contributed by atoms with E-state index < -0.39 is 31.6 Å². The van der Waals surface area contributed by atoms with E-state index in [1.54, 1.807) is 32.9 Å². The third-order valence-corrected chi connectivity index (χ3v) is 15.9. The fourth-order valence-corrected chi connectivity index (χ4v) is 11.3. The largest absolute Gasteiger partial charge is 0.502 e. The molecule has 0 aliphatic carbocycles. The van der Waals surface area contributed by atoms with Gasteiger partial charge in [0.25, 0.3) is 0 Å². The Morgan fingerprint density at radius 2 is 0.675 bits per heavy atom. The van der Waals surface area contributed by atoms with E-state index in [1.807, 2.05) is 62.3 Å². The lowest BCUT2D eigenvalue weighted by Gasteiger charge is -2.54. The summed E-state index contributed by atoms with van der Waals surface area (Å²) in [6, 6.07) is 13.4. The predicted molar refractivity (Wildman–Crippen MR) is 299 cm³/mol. The zero-order valence-electron chi connectivity index (χ0n) is 47.6. The van der Waals surface area contributed by atoms with E-state index in [9.17, 15) is 60.0 Å². The van der Waals surface area contributed by atoms with Crippen molar-refractivity contribution in [3.63, 3.8) is 0 Å². The smallest absolute Gasteiger partial charge is 0.410 e. The normalized spacial score (nSPS) is 19.3. The lowest BCUT2D eigenvalue weighted by molar-refractivity contribution is -0.386. The maximum atomic E-state index is 12.3. The molecular weight excluding hydrogens is 1040 g/mol. The highest BCUT2D eigenvalue weighted by atomic mass is 16.6. The third kappa shape index (κ3) is 15.0. The minimum atomic E-state index is -0.594. The van der Waals surface area contributed by atoms with Crippen molar-refractivity contribution < 1.29 is 58.7 Å². The molecule has 0 saturated carbocycles. The molecule has 438 valence electrons. The van der Waals surface area contributed by atoms with E-state index in [1.165, 1.54) is 36.4 Å². The van der Waals surface area contributed by atoms with Gasteiger partial charge in [0.1, 0.15) is 16.8 Å². The van der Waals surface area contributed by atoms with Crippen LogP contribution in [0.25, 0.3) is 0 Å². The Hall–Kier alpha value is -7.53. The number of rotatable bonds is 6. The second kappa shape index (κ2) is 23.3. The van der Waals surface area contributed by atoms with Crippen LogP contribution in [-0.4, -0.2) is 158 Å². The summed E-state index contributed by atoms with van der Waals surface area (Å²) in [6.45, 7) is 25.9. The van der Waals surface area contributed by atoms with Gasteiger partial charge in [-0.1, -0.05) is 0 Å². The zero-order valence-corrected chi connectivity index (χ0v) is 47.6. The Morgan fingerprint density at radius 1 is 0.412 bits per heavy atom. The maximum absolute atomic E-state index is 12.3. The van der Waals surface area contributed by atoms with Crippen LogP contribution >= 0.6 is 0 Å². The fourth-order valence-electron chi connectivity index (χ4n) is 11.3. The molecule has 6 fully saturated rings. The second-order valence-electron chi connectivity index (χ2n) is 25.4. The Kier molecular flexibility index (Phi) is 17.5. The van der Waals surface area contributed by atoms with Crippen molar-refractivity contribution in [2.45, 2.75) is 130 Å². The molecule has 3 spiro atoms. The highest BCUT2D eigenvalue weighted by Gasteiger charge is 2.49. The van der Waals surface area contributed by atoms with Crippen LogP contribution in [0.5, 0.6) is 17.2 Å². The number of anilines is 3. The number of amides is 3. The number of phenolic OH excluding ortho intramolecular Hbond substituents is 3. The predicted octanol–water partition coefficient (Wildman–Crippen LogP) is 10.2. The standard InChI is InChI=1S/C20H29N3O5.2C18H25N3O5/c1-19(2,3)28-18(25)22-12-8-20(9-13-22)6-10-21(11-7-20)15-4-5-16(23(26)27)17(24)14-15;1-17(2,3)26-16(23)19-8-6-18(7-9-19)11-20(12-18)13-4-5-14(21(24)25)15(22)10-13;1-17(2,3)26-16(23)20-11-18(12-20)6-8-19(9-7-18)13-4-5-14(21(24)25)15(22)10-13/h4-5,14,24H,6-13H2,1-3H3;2*4-5,10,22H,6-9,11-12H2,1-3H3. The Bertz CT molecular complexity index is 2760. The number of nitro groups is 3. The molecule has 6 heterocycles. The van der Waals surface area contributed by atoms with Crippen molar-refractivity contribution in [3.05, 3.63) is 84.9 Å². The molecule has 24 heteroatoms. The molecule has 9 rings (SSSR count). The van der Waals surface area contributed by atoms with Gasteiger partial charge in [-0.3, -0.25) is 30.3 Å². The molecule has 3 aromatic rings. The highest BCUT2D eigenvalue weighted by Crippen LogP contribution is 2.46. The maximum Gasteiger partial charge on any atom is 0.410 e. The van der Waals surface area contributed by atoms with Crippen LogP contribution in [0.15, 0.2) is 54.6 Å². The first-order valence-corrected chi connectivity index (χ1v) is 27.4. The van der Waals surface area contributed by atoms with Crippen LogP contribution in [0.2, 0.25) is 0 Å². The first kappa shape index (κ1) is 60.1. The van der Waals surface area contributed by atoms with E-state index in [0.717, 1.165) is 108 Å². The number of ether oxygens (including phenoxy) is 3. The van der Waals surface area contributed by atoms with Gasteiger partial charge in [0, 0.05) is 143 Å². The lowest BCUT2D eigenvalue weighted by atomic mass is 9.71. The number of piperidine rings is 4. The molecule has 6 aliphatic rings. The molecule has 6 saturated heterocycles. The van der Waals surface area contributed by atoms with Crippen molar-refractivity contribution in [2.24, 2.45) is 16.2 Å². The van der Waals surface area contributed by atoms with Crippen molar-refractivity contribution in [3.8, 4) is 17.2 Å². The van der Waals surface area contributed by atoms with Crippen LogP contribution in [0, 0.1) is 46.6 Å². The topological polar surface area (TPSA) is 288 Å². The van der Waals surface area contributed by atoms with Crippen molar-refractivity contribution in [1.29, 1.82) is 0 Å². The van der Waals surface area contributed by atoms with Crippen LogP contribution in [0.3, 0.4) is 0 Å². The number of aromatic hydroxyl groups is 3. The lowest BCUT2D eigenvalue weighted by Crippen LogP contribution is -2.62. The highest BCUT2D eigenvalue weighted by molar-refractivity contribution is 5.70. The average molecular weight is 1120 g/mol. The molecule has 80 heavy (non-hydrogen) atoms. The molecule has 3 N–H and O–H groups in total. The minimum Gasteiger partial charge on any atom is -0.502 e. The number of benzene rings is 3. The van der Waals surface area contributed by atoms with Gasteiger partial charge in [0.2, 0.25) is 0 Å². The summed E-state index contributed by atoms with van der Waals surface area (Å²) in [6.07, 6.45) is 6.87. The molecule has 6 aliphatic heterocycles. The number of carbonyl (C=O) groups excluding carboxylic acids is 3. The molecule has 0 atom stereocenters. The molecule has 24 nitrogen and oxygen atoms in total. The van der Waals surface area contributed by atoms with Crippen LogP contribution in [0.4, 0.5) is 48.5 Å². The number of carbonyl (C=O) groups is 3. The third-order valence-electron chi connectivity index (χ3n) is 15.9. The van der Waals surface area contributed by atoms with Crippen LogP contribution in [-0.2, 0) is 14.2 Å². The number of likely N-dealkylation sites (tertiary alicyclic amines) is 3. The summed E-state index contributed by atoms with van der Waals surface area (Å²) in [7, 11) is 0. The number of nitrogens with zero attached hydrogens (tertiary/aromatic N) is 9. The zero-order chi connectivity index (χ0) is 58.8. The Balaban J connectivity index is 0.000000174.